The first-order chi connectivity index (χ1) is 2.56. The van der Waals surface area contributed by atoms with Crippen molar-refractivity contribution in [1.29, 1.82) is 0 Å². The Morgan fingerprint density at radius 2 is 1.71 bits per heavy atom. The van der Waals surface area contributed by atoms with Gasteiger partial charge in [-0.2, -0.15) is 0 Å². The minimum Gasteiger partial charge on any atom is -1.00 e. The average molecular weight is 128 g/mol. The van der Waals surface area contributed by atoms with E-state index in [9.17, 15) is 0 Å². The quantitative estimate of drug-likeness (QED) is 0.417. The fraction of sp³-hybridized carbons (Fsp3) is 1.00. The van der Waals surface area contributed by atoms with Crippen LogP contribution in [0.25, 0.3) is 0 Å². The van der Waals surface area contributed by atoms with Crippen LogP contribution in [0.4, 0.5) is 0 Å². The Morgan fingerprint density at radius 1 is 1.57 bits per heavy atom. The molecule has 0 fully saturated rings. The van der Waals surface area contributed by atoms with Gasteiger partial charge in [0.2, 0.25) is 0 Å². The molecule has 0 aliphatic heterocycles. The second kappa shape index (κ2) is 4.47. The van der Waals surface area contributed by atoms with Crippen LogP contribution in [-0.2, 0) is 0 Å². The van der Waals surface area contributed by atoms with Crippen molar-refractivity contribution in [2.45, 2.75) is 32.8 Å². The van der Waals surface area contributed by atoms with Crippen LogP contribution in [0.3, 0.4) is 0 Å². The van der Waals surface area contributed by atoms with Crippen molar-refractivity contribution in [3.05, 3.63) is 0 Å². The number of hydrogen-bond acceptors (Lipinski definition) is 1. The molecule has 0 saturated carbocycles. The predicted molar refractivity (Wildman–Crippen MR) is 27.7 cm³/mol. The van der Waals surface area contributed by atoms with Crippen molar-refractivity contribution in [3.8, 4) is 0 Å². The smallest absolute Gasteiger partial charge is 1.00 e. The van der Waals surface area contributed by atoms with Gasteiger partial charge in [-0.25, -0.2) is 0 Å². The standard InChI is InChI=1S/C5H12O.K.H/c1-4-5(2,3)6;;/h6H,4H2,1-3H3;;/q;+1;-1. The molecule has 0 atom stereocenters. The summed E-state index contributed by atoms with van der Waals surface area (Å²) >= 11 is 0. The third-order valence-electron chi connectivity index (χ3n) is 0.865. The van der Waals surface area contributed by atoms with E-state index >= 15 is 0 Å². The van der Waals surface area contributed by atoms with E-state index in [2.05, 4.69) is 0 Å². The van der Waals surface area contributed by atoms with Gasteiger partial charge < -0.3 is 6.53 Å². The Balaban J connectivity index is -0.000000125. The van der Waals surface area contributed by atoms with Crippen LogP contribution in [0, 0.1) is 0 Å². The van der Waals surface area contributed by atoms with Gasteiger partial charge in [-0.3, -0.25) is 0 Å². The molecule has 0 aliphatic carbocycles. The van der Waals surface area contributed by atoms with E-state index in [0.29, 0.717) is 0 Å². The van der Waals surface area contributed by atoms with E-state index in [1.165, 1.54) is 0 Å². The fourth-order valence-corrected chi connectivity index (χ4v) is 0. The summed E-state index contributed by atoms with van der Waals surface area (Å²) in [7, 11) is 0. The number of aliphatic hydroxyl groups is 1. The van der Waals surface area contributed by atoms with Gasteiger partial charge in [-0.05, 0) is 20.3 Å². The van der Waals surface area contributed by atoms with E-state index in [-0.39, 0.29) is 52.8 Å². The van der Waals surface area contributed by atoms with Crippen LogP contribution in [0.1, 0.15) is 28.6 Å². The first kappa shape index (κ1) is 11.4. The summed E-state index contributed by atoms with van der Waals surface area (Å²) in [6.45, 7) is 5.56. The van der Waals surface area contributed by atoms with Crippen molar-refractivity contribution in [2.75, 3.05) is 0 Å². The molecule has 0 saturated heterocycles. The van der Waals surface area contributed by atoms with Gasteiger partial charge in [0.05, 0.1) is 5.60 Å². The summed E-state index contributed by atoms with van der Waals surface area (Å²) in [6, 6.07) is 0. The van der Waals surface area contributed by atoms with Gasteiger partial charge in [0.25, 0.3) is 0 Å². The van der Waals surface area contributed by atoms with Crippen LogP contribution in [0.2, 0.25) is 0 Å². The van der Waals surface area contributed by atoms with Gasteiger partial charge in [0.1, 0.15) is 0 Å². The van der Waals surface area contributed by atoms with Crippen molar-refractivity contribution in [3.63, 3.8) is 0 Å². The van der Waals surface area contributed by atoms with Crippen LogP contribution >= 0.6 is 0 Å². The monoisotopic (exact) mass is 128 g/mol. The largest absolute Gasteiger partial charge is 1.00 e. The first-order valence-corrected chi connectivity index (χ1v) is 2.28. The predicted octanol–water partition coefficient (Wildman–Crippen LogP) is -1.72. The SMILES string of the molecule is CCC(C)(C)O.[H-].[K+]. The zero-order valence-electron chi connectivity index (χ0n) is 6.65. The van der Waals surface area contributed by atoms with E-state index in [1.54, 1.807) is 13.8 Å². The van der Waals surface area contributed by atoms with Crippen molar-refractivity contribution >= 4 is 0 Å². The van der Waals surface area contributed by atoms with E-state index in [4.69, 9.17) is 5.11 Å². The maximum absolute atomic E-state index is 8.83. The molecule has 0 bridgehead atoms. The molecule has 40 valence electrons. The minimum absolute atomic E-state index is 0. The summed E-state index contributed by atoms with van der Waals surface area (Å²) in [4.78, 5) is 0. The van der Waals surface area contributed by atoms with Crippen LogP contribution in [0.15, 0.2) is 0 Å². The van der Waals surface area contributed by atoms with E-state index in [0.717, 1.165) is 6.42 Å². The third kappa shape index (κ3) is 11.3. The molecule has 0 radical (unpaired) electrons. The molecule has 0 aromatic heterocycles. The van der Waals surface area contributed by atoms with Crippen molar-refractivity contribution in [2.24, 2.45) is 0 Å². The average Bonchev–Trinajstić information content (AvgIpc) is 1.35. The maximum atomic E-state index is 8.83. The second-order valence-corrected chi connectivity index (χ2v) is 2.17. The van der Waals surface area contributed by atoms with Gasteiger partial charge in [-0.15, -0.1) is 0 Å². The molecular formula is C5H13KO. The van der Waals surface area contributed by atoms with Crippen LogP contribution in [0.5, 0.6) is 0 Å². The molecule has 0 aromatic rings. The Kier molecular flexibility index (Phi) is 7.28. The Bertz CT molecular complexity index is 42.2. The molecule has 0 spiro atoms. The molecule has 1 N–H and O–H groups in total. The van der Waals surface area contributed by atoms with Crippen molar-refractivity contribution < 1.29 is 57.9 Å². The number of rotatable bonds is 1. The van der Waals surface area contributed by atoms with E-state index in [1.807, 2.05) is 6.92 Å². The van der Waals surface area contributed by atoms with Crippen LogP contribution in [-0.4, -0.2) is 10.7 Å². The zero-order valence-corrected chi connectivity index (χ0v) is 8.78. The summed E-state index contributed by atoms with van der Waals surface area (Å²) in [5, 5.41) is 8.83. The molecule has 0 heterocycles. The summed E-state index contributed by atoms with van der Waals surface area (Å²) < 4.78 is 0. The molecule has 0 aliphatic rings. The molecule has 7 heavy (non-hydrogen) atoms. The molecule has 2 heteroatoms. The Labute approximate surface area is 89.4 Å². The molecule has 0 rings (SSSR count). The van der Waals surface area contributed by atoms with Gasteiger partial charge >= 0.3 is 51.4 Å². The summed E-state index contributed by atoms with van der Waals surface area (Å²) in [5.74, 6) is 0. The molecule has 0 aromatic carbocycles. The first-order valence-electron chi connectivity index (χ1n) is 2.28. The zero-order chi connectivity index (χ0) is 5.21. The normalized spacial score (nSPS) is 10.3. The van der Waals surface area contributed by atoms with E-state index < -0.39 is 5.60 Å². The number of hydrogen-bond donors (Lipinski definition) is 1. The summed E-state index contributed by atoms with van der Waals surface area (Å²) in [6.07, 6.45) is 0.826. The van der Waals surface area contributed by atoms with Gasteiger partial charge in [-0.1, -0.05) is 6.92 Å². The fourth-order valence-electron chi connectivity index (χ4n) is 0. The second-order valence-electron chi connectivity index (χ2n) is 2.17. The van der Waals surface area contributed by atoms with Crippen LogP contribution < -0.4 is 51.4 Å². The Hall–Kier alpha value is 1.60. The topological polar surface area (TPSA) is 20.2 Å². The summed E-state index contributed by atoms with van der Waals surface area (Å²) in [5.41, 5.74) is -0.458. The van der Waals surface area contributed by atoms with Crippen molar-refractivity contribution in [1.82, 2.24) is 0 Å². The molecular weight excluding hydrogens is 115 g/mol. The third-order valence-corrected chi connectivity index (χ3v) is 0.865. The van der Waals surface area contributed by atoms with Gasteiger partial charge in [0, 0.05) is 0 Å². The molecule has 0 amide bonds. The Morgan fingerprint density at radius 3 is 1.71 bits per heavy atom. The van der Waals surface area contributed by atoms with Gasteiger partial charge in [0.15, 0.2) is 0 Å². The minimum atomic E-state index is -0.458. The molecule has 0 unspecified atom stereocenters. The molecule has 1 nitrogen and oxygen atoms in total. The maximum Gasteiger partial charge on any atom is 1.00 e.